The first-order valence-corrected chi connectivity index (χ1v) is 2.84. The summed E-state index contributed by atoms with van der Waals surface area (Å²) in [5.74, 6) is 5.47. The zero-order valence-corrected chi connectivity index (χ0v) is 5.61. The zero-order chi connectivity index (χ0) is 7.56. The highest BCUT2D eigenvalue weighted by molar-refractivity contribution is 5.19. The van der Waals surface area contributed by atoms with E-state index < -0.39 is 0 Å². The molecule has 6 nitrogen and oxygen atoms in total. The number of anilines is 1. The van der Waals surface area contributed by atoms with Crippen molar-refractivity contribution < 1.29 is 4.74 Å². The largest absolute Gasteiger partial charge is 0.463 e. The van der Waals surface area contributed by atoms with Crippen molar-refractivity contribution in [2.24, 2.45) is 0 Å². The lowest BCUT2D eigenvalue weighted by Crippen LogP contribution is -2.14. The monoisotopic (exact) mass is 143 g/mol. The third-order valence-corrected chi connectivity index (χ3v) is 0.964. The molecule has 0 saturated heterocycles. The lowest BCUT2D eigenvalue weighted by atomic mass is 10.9. The number of ether oxygens (including phenoxy) is 1. The molecule has 1 heterocycles. The number of hydrogen-bond acceptors (Lipinski definition) is 5. The topological polar surface area (TPSA) is 92.0 Å². The number of aromatic nitrogens is 3. The van der Waals surface area contributed by atoms with E-state index in [4.69, 9.17) is 16.3 Å². The van der Waals surface area contributed by atoms with E-state index in [9.17, 15) is 0 Å². The first-order valence-electron chi connectivity index (χ1n) is 2.84. The Bertz CT molecular complexity index is 219. The average molecular weight is 143 g/mol. The fraction of sp³-hybridized carbons (Fsp3) is 0.500. The zero-order valence-electron chi connectivity index (χ0n) is 5.61. The molecule has 1 aromatic rings. The number of nitrogen functional groups attached to an aromatic ring is 2. The summed E-state index contributed by atoms with van der Waals surface area (Å²) in [4.78, 5) is 0. The minimum absolute atomic E-state index is 0.142. The normalized spacial score (nSPS) is 9.70. The van der Waals surface area contributed by atoms with Crippen LogP contribution in [-0.2, 0) is 0 Å². The summed E-state index contributed by atoms with van der Waals surface area (Å²) in [5.41, 5.74) is 5.26. The van der Waals surface area contributed by atoms with E-state index in [1.54, 1.807) is 0 Å². The molecule has 0 bridgehead atoms. The van der Waals surface area contributed by atoms with Crippen LogP contribution in [0.1, 0.15) is 6.92 Å². The summed E-state index contributed by atoms with van der Waals surface area (Å²) in [5, 5.41) is 7.02. The predicted molar refractivity (Wildman–Crippen MR) is 35.8 cm³/mol. The molecule has 1 aromatic heterocycles. The van der Waals surface area contributed by atoms with Gasteiger partial charge in [-0.25, -0.2) is 0 Å². The van der Waals surface area contributed by atoms with Crippen molar-refractivity contribution in [3.05, 3.63) is 0 Å². The Kier molecular flexibility index (Phi) is 1.61. The third-order valence-electron chi connectivity index (χ3n) is 0.964. The fourth-order valence-corrected chi connectivity index (χ4v) is 0.516. The lowest BCUT2D eigenvalue weighted by Gasteiger charge is -1.99. The molecule has 0 aliphatic rings. The van der Waals surface area contributed by atoms with E-state index in [1.807, 2.05) is 6.92 Å². The Hall–Kier alpha value is -1.46. The van der Waals surface area contributed by atoms with Crippen molar-refractivity contribution in [2.75, 3.05) is 18.2 Å². The fourth-order valence-electron chi connectivity index (χ4n) is 0.516. The second kappa shape index (κ2) is 2.42. The van der Waals surface area contributed by atoms with Gasteiger partial charge in [0.2, 0.25) is 5.95 Å². The first kappa shape index (κ1) is 6.66. The maximum absolute atomic E-state index is 5.33. The summed E-state index contributed by atoms with van der Waals surface area (Å²) in [6, 6.07) is 0.236. The van der Waals surface area contributed by atoms with Crippen LogP contribution in [0.2, 0.25) is 0 Å². The molecule has 0 aliphatic carbocycles. The first-order chi connectivity index (χ1) is 4.75. The van der Waals surface area contributed by atoms with Gasteiger partial charge in [-0.2, -0.15) is 4.68 Å². The maximum Gasteiger partial charge on any atom is 0.337 e. The van der Waals surface area contributed by atoms with Crippen LogP contribution in [0, 0.1) is 0 Å². The second-order valence-electron chi connectivity index (χ2n) is 1.64. The molecule has 1 rings (SSSR count). The van der Waals surface area contributed by atoms with Crippen molar-refractivity contribution >= 4 is 5.95 Å². The van der Waals surface area contributed by atoms with E-state index in [2.05, 4.69) is 10.2 Å². The Morgan fingerprint density at radius 3 is 2.70 bits per heavy atom. The number of nitrogens with two attached hydrogens (primary N) is 2. The van der Waals surface area contributed by atoms with Crippen LogP contribution in [0.5, 0.6) is 6.01 Å². The van der Waals surface area contributed by atoms with Crippen molar-refractivity contribution in [2.45, 2.75) is 6.92 Å². The van der Waals surface area contributed by atoms with E-state index >= 15 is 0 Å². The molecule has 4 N–H and O–H groups in total. The standard InChI is InChI=1S/C4H9N5O/c1-2-10-4-8-7-3(5)9(4)6/h2,6H2,1H3,(H2,5,7). The van der Waals surface area contributed by atoms with Crippen LogP contribution in [0.15, 0.2) is 0 Å². The number of hydrogen-bond donors (Lipinski definition) is 2. The Labute approximate surface area is 57.8 Å². The van der Waals surface area contributed by atoms with Crippen LogP contribution in [0.3, 0.4) is 0 Å². The van der Waals surface area contributed by atoms with Crippen LogP contribution < -0.4 is 16.3 Å². The molecule has 0 amide bonds. The highest BCUT2D eigenvalue weighted by Gasteiger charge is 2.04. The molecule has 0 atom stereocenters. The molecule has 0 radical (unpaired) electrons. The molecule has 0 aromatic carbocycles. The molecule has 6 heteroatoms. The molecule has 0 unspecified atom stereocenters. The minimum atomic E-state index is 0.142. The SMILES string of the molecule is CCOc1nnc(N)n1N. The highest BCUT2D eigenvalue weighted by Crippen LogP contribution is 2.04. The van der Waals surface area contributed by atoms with Crippen LogP contribution in [-0.4, -0.2) is 21.5 Å². The van der Waals surface area contributed by atoms with Crippen molar-refractivity contribution in [1.29, 1.82) is 0 Å². The lowest BCUT2D eigenvalue weighted by molar-refractivity contribution is 0.304. The maximum atomic E-state index is 5.33. The Morgan fingerprint density at radius 1 is 1.60 bits per heavy atom. The van der Waals surface area contributed by atoms with Gasteiger partial charge in [0.1, 0.15) is 0 Å². The third kappa shape index (κ3) is 0.949. The Morgan fingerprint density at radius 2 is 2.30 bits per heavy atom. The molecular formula is C4H9N5O. The van der Waals surface area contributed by atoms with E-state index in [0.29, 0.717) is 6.61 Å². The smallest absolute Gasteiger partial charge is 0.337 e. The summed E-state index contributed by atoms with van der Waals surface area (Å²) < 4.78 is 6.03. The predicted octanol–water partition coefficient (Wildman–Crippen LogP) is -1.03. The average Bonchev–Trinajstić information content (AvgIpc) is 2.20. The van der Waals surface area contributed by atoms with Gasteiger partial charge in [-0.3, -0.25) is 0 Å². The molecule has 0 fully saturated rings. The molecule has 10 heavy (non-hydrogen) atoms. The van der Waals surface area contributed by atoms with Gasteiger partial charge >= 0.3 is 6.01 Å². The van der Waals surface area contributed by atoms with E-state index in [0.717, 1.165) is 4.68 Å². The van der Waals surface area contributed by atoms with Gasteiger partial charge in [0, 0.05) is 0 Å². The van der Waals surface area contributed by atoms with Gasteiger partial charge in [-0.15, -0.1) is 5.10 Å². The van der Waals surface area contributed by atoms with Gasteiger partial charge < -0.3 is 16.3 Å². The van der Waals surface area contributed by atoms with Crippen molar-refractivity contribution in [3.8, 4) is 6.01 Å². The van der Waals surface area contributed by atoms with Gasteiger partial charge in [0.05, 0.1) is 6.61 Å². The molecule has 0 saturated carbocycles. The summed E-state index contributed by atoms with van der Waals surface area (Å²) >= 11 is 0. The number of nitrogens with zero attached hydrogens (tertiary/aromatic N) is 3. The molecule has 0 spiro atoms. The molecular weight excluding hydrogens is 134 g/mol. The second-order valence-corrected chi connectivity index (χ2v) is 1.64. The highest BCUT2D eigenvalue weighted by atomic mass is 16.5. The van der Waals surface area contributed by atoms with Gasteiger partial charge in [-0.05, 0) is 6.92 Å². The van der Waals surface area contributed by atoms with Crippen molar-refractivity contribution in [3.63, 3.8) is 0 Å². The summed E-state index contributed by atoms with van der Waals surface area (Å²) in [6.07, 6.45) is 0. The van der Waals surface area contributed by atoms with Gasteiger partial charge in [0.25, 0.3) is 0 Å². The quantitative estimate of drug-likeness (QED) is 0.516. The van der Waals surface area contributed by atoms with Crippen molar-refractivity contribution in [1.82, 2.24) is 14.9 Å². The van der Waals surface area contributed by atoms with E-state index in [-0.39, 0.29) is 12.0 Å². The van der Waals surface area contributed by atoms with Crippen LogP contribution in [0.25, 0.3) is 0 Å². The van der Waals surface area contributed by atoms with Gasteiger partial charge in [0.15, 0.2) is 0 Å². The summed E-state index contributed by atoms with van der Waals surface area (Å²) in [6.45, 7) is 2.32. The molecule has 56 valence electrons. The Balaban J connectivity index is 2.83. The number of rotatable bonds is 2. The van der Waals surface area contributed by atoms with E-state index in [1.165, 1.54) is 0 Å². The van der Waals surface area contributed by atoms with Gasteiger partial charge in [-0.1, -0.05) is 5.10 Å². The van der Waals surface area contributed by atoms with Crippen LogP contribution in [0.4, 0.5) is 5.95 Å². The van der Waals surface area contributed by atoms with Crippen LogP contribution >= 0.6 is 0 Å². The minimum Gasteiger partial charge on any atom is -0.463 e. The molecule has 0 aliphatic heterocycles. The summed E-state index contributed by atoms with van der Waals surface area (Å²) in [7, 11) is 0.